The van der Waals surface area contributed by atoms with Gasteiger partial charge in [0.1, 0.15) is 4.60 Å². The highest BCUT2D eigenvalue weighted by molar-refractivity contribution is 9.10. The van der Waals surface area contributed by atoms with E-state index >= 15 is 0 Å². The minimum absolute atomic E-state index is 0. The van der Waals surface area contributed by atoms with E-state index in [1.807, 2.05) is 22.7 Å². The van der Waals surface area contributed by atoms with Gasteiger partial charge in [0.25, 0.3) is 0 Å². The van der Waals surface area contributed by atoms with Gasteiger partial charge in [0.05, 0.1) is 27.8 Å². The predicted molar refractivity (Wildman–Crippen MR) is 352 cm³/mol. The molecule has 4 heterocycles. The number of pyridine rings is 2. The normalized spacial score (nSPS) is 13.1. The fraction of sp³-hybridized carbons (Fsp3) is 0.0789. The number of fused-ring (bicyclic) bond motifs is 12. The first-order valence-electron chi connectivity index (χ1n) is 28.3. The second kappa shape index (κ2) is 20.9. The van der Waals surface area contributed by atoms with Crippen molar-refractivity contribution in [3.63, 3.8) is 0 Å². The molecule has 0 spiro atoms. The van der Waals surface area contributed by atoms with Gasteiger partial charge in [-0.3, -0.25) is 4.90 Å². The lowest BCUT2D eigenvalue weighted by molar-refractivity contribution is 0.660. The van der Waals surface area contributed by atoms with Crippen LogP contribution < -0.4 is 10.2 Å². The van der Waals surface area contributed by atoms with Crippen LogP contribution >= 0.6 is 15.9 Å². The van der Waals surface area contributed by atoms with Crippen LogP contribution in [0.15, 0.2) is 284 Å². The standard InChI is InChI=1S/C38H29N3.C27H23N.C11H7BrN2.H2/c1-38(2)32-18-8-7-17-31(32)37-33(38)19-11-21-35(37)40(29-16-10-15-28(24-29)26-12-4-3-5-13-26)36-25-30-23-22-27-14-6-9-20-34(27)41(30)39-36;1-27(2)23-15-7-6-14-22(23)26-24(27)16-9-17-25(26)28-21-13-8-12-20(18-21)19-10-4-3-5-11-19;12-11-7-9-6-5-8-3-1-2-4-10(8)14(9)13-11;/h3-25H,1-2H3;3-18,28H,1-2H3;1-7H;1H. The molecule has 0 aliphatic heterocycles. The molecule has 0 fully saturated rings. The number of benzene rings is 10. The van der Waals surface area contributed by atoms with E-state index in [1.54, 1.807) is 0 Å². The van der Waals surface area contributed by atoms with Gasteiger partial charge in [-0.25, -0.2) is 9.03 Å². The summed E-state index contributed by atoms with van der Waals surface area (Å²) in [4.78, 5) is 2.34. The van der Waals surface area contributed by atoms with Crippen LogP contribution in [0.3, 0.4) is 0 Å². The molecule has 7 heteroatoms. The molecule has 0 radical (unpaired) electrons. The molecule has 0 saturated carbocycles. The van der Waals surface area contributed by atoms with Gasteiger partial charge in [-0.05, 0) is 138 Å². The summed E-state index contributed by atoms with van der Waals surface area (Å²) in [5.41, 5.74) is 24.4. The van der Waals surface area contributed by atoms with E-state index < -0.39 is 0 Å². The fourth-order valence-corrected chi connectivity index (χ4v) is 13.1. The molecule has 83 heavy (non-hydrogen) atoms. The number of anilines is 5. The molecule has 402 valence electrons. The molecule has 0 saturated heterocycles. The number of hydrogen-bond donors (Lipinski definition) is 1. The summed E-state index contributed by atoms with van der Waals surface area (Å²) >= 11 is 3.38. The second-order valence-electron chi connectivity index (χ2n) is 22.5. The van der Waals surface area contributed by atoms with Gasteiger partial charge in [0.2, 0.25) is 0 Å². The highest BCUT2D eigenvalue weighted by Gasteiger charge is 2.39. The zero-order valence-electron chi connectivity index (χ0n) is 46.7. The number of rotatable bonds is 7. The SMILES string of the molecule is Brc1cc2ccc3ccccc3n2n1.CC1(C)c2ccccc2-c2c(N(c3cccc(-c4ccccc4)c3)c3cc4ccc5ccccc5n4n3)cccc21.CC1(C)c2ccccc2-c2c(Nc3cccc(-c4ccccc4)c3)cccc21.[HH]. The molecule has 6 nitrogen and oxygen atoms in total. The smallest absolute Gasteiger partial charge is 0.160 e. The number of aromatic nitrogens is 4. The van der Waals surface area contributed by atoms with E-state index in [9.17, 15) is 0 Å². The van der Waals surface area contributed by atoms with Crippen molar-refractivity contribution in [1.82, 2.24) is 19.2 Å². The van der Waals surface area contributed by atoms with Crippen molar-refractivity contribution in [3.8, 4) is 44.5 Å². The number of hydrogen-bond acceptors (Lipinski definition) is 4. The van der Waals surface area contributed by atoms with Crippen LogP contribution in [-0.2, 0) is 10.8 Å². The Labute approximate surface area is 494 Å². The lowest BCUT2D eigenvalue weighted by Crippen LogP contribution is -2.16. The Kier molecular flexibility index (Phi) is 12.9. The second-order valence-corrected chi connectivity index (χ2v) is 23.3. The summed E-state index contributed by atoms with van der Waals surface area (Å²) in [6.45, 7) is 9.30. The Hall–Kier alpha value is -9.82. The Balaban J connectivity index is 0.000000131. The third-order valence-electron chi connectivity index (χ3n) is 16.8. The predicted octanol–water partition coefficient (Wildman–Crippen LogP) is 20.8. The molecule has 16 rings (SSSR count). The summed E-state index contributed by atoms with van der Waals surface area (Å²) in [5, 5.41) is 15.7. The van der Waals surface area contributed by atoms with Crippen LogP contribution in [0.5, 0.6) is 0 Å². The third kappa shape index (κ3) is 9.24. The minimum atomic E-state index is -0.0887. The molecule has 0 amide bonds. The number of nitrogens with zero attached hydrogens (tertiary/aromatic N) is 5. The van der Waals surface area contributed by atoms with Gasteiger partial charge < -0.3 is 5.32 Å². The molecule has 14 aromatic rings. The van der Waals surface area contributed by atoms with Gasteiger partial charge in [-0.2, -0.15) is 5.10 Å². The molecular formula is C76H61BrN6. The van der Waals surface area contributed by atoms with E-state index in [2.05, 4.69) is 324 Å². The highest BCUT2D eigenvalue weighted by atomic mass is 79.9. The molecule has 2 aliphatic rings. The maximum atomic E-state index is 5.26. The van der Waals surface area contributed by atoms with Crippen LogP contribution in [0.4, 0.5) is 28.6 Å². The van der Waals surface area contributed by atoms with Gasteiger partial charge >= 0.3 is 0 Å². The van der Waals surface area contributed by atoms with Crippen LogP contribution in [0, 0.1) is 0 Å². The van der Waals surface area contributed by atoms with Crippen molar-refractivity contribution in [2.24, 2.45) is 0 Å². The summed E-state index contributed by atoms with van der Waals surface area (Å²) in [7, 11) is 0. The lowest BCUT2D eigenvalue weighted by Gasteiger charge is -2.27. The van der Waals surface area contributed by atoms with Crippen molar-refractivity contribution in [2.45, 2.75) is 38.5 Å². The topological polar surface area (TPSA) is 49.9 Å². The first-order valence-corrected chi connectivity index (χ1v) is 29.1. The number of para-hydroxylation sites is 2. The molecule has 2 aliphatic carbocycles. The van der Waals surface area contributed by atoms with Gasteiger partial charge in [-0.1, -0.05) is 234 Å². The first-order chi connectivity index (χ1) is 40.6. The summed E-state index contributed by atoms with van der Waals surface area (Å²) < 4.78 is 4.88. The van der Waals surface area contributed by atoms with Crippen LogP contribution in [0.25, 0.3) is 77.3 Å². The average molecular weight is 1140 g/mol. The van der Waals surface area contributed by atoms with E-state index in [0.29, 0.717) is 0 Å². The molecule has 0 bridgehead atoms. The fourth-order valence-electron chi connectivity index (χ4n) is 12.7. The summed E-state index contributed by atoms with van der Waals surface area (Å²) in [6.07, 6.45) is 0. The van der Waals surface area contributed by atoms with Crippen molar-refractivity contribution >= 4 is 77.3 Å². The van der Waals surface area contributed by atoms with E-state index in [4.69, 9.17) is 5.10 Å². The largest absolute Gasteiger partial charge is 0.355 e. The Morgan fingerprint density at radius 1 is 0.398 bits per heavy atom. The number of halogens is 1. The van der Waals surface area contributed by atoms with E-state index in [0.717, 1.165) is 49.6 Å². The molecular weight excluding hydrogens is 1080 g/mol. The molecule has 0 unspecified atom stereocenters. The first kappa shape index (κ1) is 51.3. The average Bonchev–Trinajstić information content (AvgIpc) is 2.24. The minimum Gasteiger partial charge on any atom is -0.355 e. The molecule has 10 aromatic carbocycles. The van der Waals surface area contributed by atoms with Crippen molar-refractivity contribution in [3.05, 3.63) is 306 Å². The van der Waals surface area contributed by atoms with Crippen molar-refractivity contribution in [1.29, 1.82) is 0 Å². The Morgan fingerprint density at radius 3 is 1.53 bits per heavy atom. The highest BCUT2D eigenvalue weighted by Crippen LogP contribution is 2.55. The van der Waals surface area contributed by atoms with Gasteiger partial charge in [0, 0.05) is 57.3 Å². The maximum absolute atomic E-state index is 5.26. The van der Waals surface area contributed by atoms with Gasteiger partial charge in [0.15, 0.2) is 5.82 Å². The molecule has 4 aromatic heterocycles. The van der Waals surface area contributed by atoms with Crippen molar-refractivity contribution < 1.29 is 1.43 Å². The van der Waals surface area contributed by atoms with Crippen molar-refractivity contribution in [2.75, 3.05) is 10.2 Å². The maximum Gasteiger partial charge on any atom is 0.160 e. The van der Waals surface area contributed by atoms with Crippen LogP contribution in [0.2, 0.25) is 0 Å². The monoisotopic (exact) mass is 1140 g/mol. The lowest BCUT2D eigenvalue weighted by atomic mass is 9.82. The quantitative estimate of drug-likeness (QED) is 0.173. The van der Waals surface area contributed by atoms with Crippen LogP contribution in [0.1, 0.15) is 51.4 Å². The van der Waals surface area contributed by atoms with Gasteiger partial charge in [-0.15, -0.1) is 5.10 Å². The van der Waals surface area contributed by atoms with Crippen LogP contribution in [-0.4, -0.2) is 19.2 Å². The third-order valence-corrected chi connectivity index (χ3v) is 17.1. The zero-order chi connectivity index (χ0) is 56.2. The summed E-state index contributed by atoms with van der Waals surface area (Å²) in [5.74, 6) is 0.891. The zero-order valence-corrected chi connectivity index (χ0v) is 48.3. The Morgan fingerprint density at radius 2 is 0.880 bits per heavy atom. The van der Waals surface area contributed by atoms with E-state index in [1.165, 1.54) is 83.2 Å². The Bertz CT molecular complexity index is 4750. The van der Waals surface area contributed by atoms with E-state index in [-0.39, 0.29) is 12.3 Å². The molecule has 1 N–H and O–H groups in total. The molecule has 0 atom stereocenters. The summed E-state index contributed by atoms with van der Waals surface area (Å²) in [6, 6.07) is 98.9. The number of nitrogens with one attached hydrogen (secondary N) is 1.